The third-order valence-electron chi connectivity index (χ3n) is 3.94. The number of pyridine rings is 1. The summed E-state index contributed by atoms with van der Waals surface area (Å²) in [7, 11) is 2.15. The van der Waals surface area contributed by atoms with Crippen LogP contribution in [0, 0.1) is 0 Å². The molecule has 3 heterocycles. The van der Waals surface area contributed by atoms with E-state index in [2.05, 4.69) is 16.8 Å². The van der Waals surface area contributed by atoms with Crippen molar-refractivity contribution in [2.24, 2.45) is 0 Å². The lowest BCUT2D eigenvalue weighted by Crippen LogP contribution is -2.44. The fourth-order valence-corrected chi connectivity index (χ4v) is 4.00. The number of benzene rings is 1. The fourth-order valence-electron chi connectivity index (χ4n) is 2.65. The highest BCUT2D eigenvalue weighted by atomic mass is 35.5. The molecule has 1 aliphatic rings. The molecule has 108 valence electrons. The number of fused-ring (bicyclic) bond motifs is 2. The molecule has 2 aromatic heterocycles. The van der Waals surface area contributed by atoms with Crippen LogP contribution in [0.2, 0.25) is 5.02 Å². The zero-order valence-corrected chi connectivity index (χ0v) is 13.3. The third-order valence-corrected chi connectivity index (χ3v) is 5.33. The number of aromatic nitrogens is 2. The Kier molecular flexibility index (Phi) is 3.21. The molecule has 0 radical (unpaired) electrons. The Morgan fingerprint density at radius 2 is 1.86 bits per heavy atom. The zero-order valence-electron chi connectivity index (χ0n) is 11.7. The average Bonchev–Trinajstić information content (AvgIpc) is 2.92. The van der Waals surface area contributed by atoms with E-state index < -0.39 is 0 Å². The average molecular weight is 319 g/mol. The number of halogens is 1. The number of hydrogen-bond acceptors (Lipinski definition) is 5. The Labute approximate surface area is 132 Å². The van der Waals surface area contributed by atoms with Crippen LogP contribution in [-0.2, 0) is 0 Å². The van der Waals surface area contributed by atoms with E-state index in [1.807, 2.05) is 24.3 Å². The number of rotatable bonds is 1. The van der Waals surface area contributed by atoms with Gasteiger partial charge in [0.05, 0.1) is 10.5 Å². The monoisotopic (exact) mass is 318 g/mol. The molecule has 0 saturated carbocycles. The maximum absolute atomic E-state index is 6.53. The molecule has 1 aliphatic heterocycles. The first-order valence-corrected chi connectivity index (χ1v) is 8.20. The molecule has 1 fully saturated rings. The van der Waals surface area contributed by atoms with E-state index in [0.717, 1.165) is 52.6 Å². The molecule has 21 heavy (non-hydrogen) atoms. The van der Waals surface area contributed by atoms with Crippen LogP contribution >= 0.6 is 22.9 Å². The number of piperazine rings is 1. The van der Waals surface area contributed by atoms with Crippen molar-refractivity contribution in [3.8, 4) is 0 Å². The molecule has 0 atom stereocenters. The fraction of sp³-hybridized carbons (Fsp3) is 0.333. The van der Waals surface area contributed by atoms with Gasteiger partial charge in [-0.05, 0) is 13.1 Å². The highest BCUT2D eigenvalue weighted by Crippen LogP contribution is 2.35. The van der Waals surface area contributed by atoms with Crippen LogP contribution in [0.25, 0.3) is 21.3 Å². The first kappa shape index (κ1) is 13.2. The third kappa shape index (κ3) is 2.25. The molecule has 4 rings (SSSR count). The Morgan fingerprint density at radius 1 is 1.10 bits per heavy atom. The summed E-state index contributed by atoms with van der Waals surface area (Å²) in [4.78, 5) is 15.0. The van der Waals surface area contributed by atoms with Crippen LogP contribution in [0.15, 0.2) is 24.3 Å². The summed E-state index contributed by atoms with van der Waals surface area (Å²) < 4.78 is 0. The molecule has 1 saturated heterocycles. The second kappa shape index (κ2) is 5.09. The van der Waals surface area contributed by atoms with Crippen LogP contribution in [0.4, 0.5) is 5.13 Å². The number of nitrogens with zero attached hydrogens (tertiary/aromatic N) is 4. The summed E-state index contributed by atoms with van der Waals surface area (Å²) in [5, 5.41) is 2.72. The Morgan fingerprint density at radius 3 is 2.67 bits per heavy atom. The predicted molar refractivity (Wildman–Crippen MR) is 89.6 cm³/mol. The van der Waals surface area contributed by atoms with Gasteiger partial charge in [0.15, 0.2) is 5.13 Å². The van der Waals surface area contributed by atoms with Gasteiger partial charge in [0.1, 0.15) is 10.3 Å². The lowest BCUT2D eigenvalue weighted by atomic mass is 10.2. The maximum Gasteiger partial charge on any atom is 0.188 e. The number of anilines is 1. The van der Waals surface area contributed by atoms with E-state index in [-0.39, 0.29) is 0 Å². The number of para-hydroxylation sites is 1. The van der Waals surface area contributed by atoms with Gasteiger partial charge in [0, 0.05) is 31.6 Å². The lowest BCUT2D eigenvalue weighted by molar-refractivity contribution is 0.313. The van der Waals surface area contributed by atoms with Gasteiger partial charge < -0.3 is 9.80 Å². The summed E-state index contributed by atoms with van der Waals surface area (Å²) >= 11 is 8.16. The van der Waals surface area contributed by atoms with Crippen molar-refractivity contribution in [1.29, 1.82) is 0 Å². The van der Waals surface area contributed by atoms with Crippen molar-refractivity contribution in [3.63, 3.8) is 0 Å². The molecule has 0 N–H and O–H groups in total. The SMILES string of the molecule is CN1CCN(c2nc3c(Cl)c4ccccc4nc3s2)CC1. The summed E-state index contributed by atoms with van der Waals surface area (Å²) in [6, 6.07) is 7.96. The Bertz CT molecular complexity index is 808. The van der Waals surface area contributed by atoms with Crippen molar-refractivity contribution in [2.75, 3.05) is 38.1 Å². The van der Waals surface area contributed by atoms with Gasteiger partial charge >= 0.3 is 0 Å². The molecule has 4 nitrogen and oxygen atoms in total. The van der Waals surface area contributed by atoms with Gasteiger partial charge in [-0.15, -0.1) is 0 Å². The highest BCUT2D eigenvalue weighted by Gasteiger charge is 2.19. The van der Waals surface area contributed by atoms with Crippen molar-refractivity contribution in [1.82, 2.24) is 14.9 Å². The van der Waals surface area contributed by atoms with E-state index in [1.165, 1.54) is 0 Å². The van der Waals surface area contributed by atoms with Crippen molar-refractivity contribution >= 4 is 49.3 Å². The molecule has 0 bridgehead atoms. The Balaban J connectivity index is 1.82. The van der Waals surface area contributed by atoms with Gasteiger partial charge in [-0.1, -0.05) is 41.1 Å². The van der Waals surface area contributed by atoms with Crippen LogP contribution in [-0.4, -0.2) is 48.1 Å². The van der Waals surface area contributed by atoms with Gasteiger partial charge in [0.25, 0.3) is 0 Å². The van der Waals surface area contributed by atoms with Crippen molar-refractivity contribution < 1.29 is 0 Å². The van der Waals surface area contributed by atoms with Crippen LogP contribution in [0.5, 0.6) is 0 Å². The molecular formula is C15H15ClN4S. The van der Waals surface area contributed by atoms with E-state index in [4.69, 9.17) is 21.6 Å². The molecule has 0 unspecified atom stereocenters. The first-order chi connectivity index (χ1) is 10.2. The smallest absolute Gasteiger partial charge is 0.188 e. The minimum absolute atomic E-state index is 0.715. The van der Waals surface area contributed by atoms with E-state index in [9.17, 15) is 0 Å². The van der Waals surface area contributed by atoms with Crippen LogP contribution < -0.4 is 4.90 Å². The standard InChI is InChI=1S/C15H15ClN4S/c1-19-6-8-20(9-7-19)15-18-13-12(16)10-4-2-3-5-11(10)17-14(13)21-15/h2-5H,6-9H2,1H3. The normalized spacial score (nSPS) is 17.0. The topological polar surface area (TPSA) is 32.3 Å². The molecular weight excluding hydrogens is 304 g/mol. The molecule has 6 heteroatoms. The maximum atomic E-state index is 6.53. The largest absolute Gasteiger partial charge is 0.345 e. The number of thiazole rings is 1. The Hall–Kier alpha value is -1.43. The second-order valence-corrected chi connectivity index (χ2v) is 6.72. The van der Waals surface area contributed by atoms with E-state index >= 15 is 0 Å². The number of likely N-dealkylation sites (N-methyl/N-ethyl adjacent to an activating group) is 1. The molecule has 0 amide bonds. The minimum Gasteiger partial charge on any atom is -0.345 e. The summed E-state index contributed by atoms with van der Waals surface area (Å²) in [6.45, 7) is 4.15. The summed E-state index contributed by atoms with van der Waals surface area (Å²) in [5.74, 6) is 0. The highest BCUT2D eigenvalue weighted by molar-refractivity contribution is 7.22. The summed E-state index contributed by atoms with van der Waals surface area (Å²) in [6.07, 6.45) is 0. The molecule has 0 spiro atoms. The lowest BCUT2D eigenvalue weighted by Gasteiger charge is -2.31. The van der Waals surface area contributed by atoms with Crippen LogP contribution in [0.1, 0.15) is 0 Å². The van der Waals surface area contributed by atoms with Crippen LogP contribution in [0.3, 0.4) is 0 Å². The van der Waals surface area contributed by atoms with Gasteiger partial charge in [0.2, 0.25) is 0 Å². The van der Waals surface area contributed by atoms with Crippen molar-refractivity contribution in [3.05, 3.63) is 29.3 Å². The second-order valence-electron chi connectivity index (χ2n) is 5.38. The number of hydrogen-bond donors (Lipinski definition) is 0. The molecule has 1 aromatic carbocycles. The van der Waals surface area contributed by atoms with Gasteiger partial charge in [-0.25, -0.2) is 9.97 Å². The summed E-state index contributed by atoms with van der Waals surface area (Å²) in [5.41, 5.74) is 1.76. The first-order valence-electron chi connectivity index (χ1n) is 7.00. The van der Waals surface area contributed by atoms with Gasteiger partial charge in [-0.2, -0.15) is 0 Å². The molecule has 3 aromatic rings. The van der Waals surface area contributed by atoms with E-state index in [0.29, 0.717) is 5.02 Å². The minimum atomic E-state index is 0.715. The van der Waals surface area contributed by atoms with Gasteiger partial charge in [-0.3, -0.25) is 0 Å². The van der Waals surface area contributed by atoms with E-state index in [1.54, 1.807) is 11.3 Å². The zero-order chi connectivity index (χ0) is 14.4. The molecule has 0 aliphatic carbocycles. The predicted octanol–water partition coefficient (Wildman–Crippen LogP) is 3.25. The van der Waals surface area contributed by atoms with Crippen molar-refractivity contribution in [2.45, 2.75) is 0 Å². The quantitative estimate of drug-likeness (QED) is 0.689.